The highest BCUT2D eigenvalue weighted by molar-refractivity contribution is 7.97. The van der Waals surface area contributed by atoms with Crippen molar-refractivity contribution in [3.63, 3.8) is 0 Å². The van der Waals surface area contributed by atoms with E-state index in [1.54, 1.807) is 17.8 Å². The van der Waals surface area contributed by atoms with Crippen LogP contribution < -0.4 is 5.32 Å². The van der Waals surface area contributed by atoms with Crippen LogP contribution in [0, 0.1) is 0 Å². The number of rotatable bonds is 6. The number of nitrogens with one attached hydrogen (secondary N) is 1. The first-order chi connectivity index (χ1) is 10.0. The van der Waals surface area contributed by atoms with Crippen molar-refractivity contribution in [2.75, 3.05) is 6.26 Å². The lowest BCUT2D eigenvalue weighted by molar-refractivity contribution is -0.138. The molecule has 0 saturated carbocycles. The van der Waals surface area contributed by atoms with E-state index in [1.165, 1.54) is 12.1 Å². The van der Waals surface area contributed by atoms with E-state index in [0.717, 1.165) is 23.3 Å². The van der Waals surface area contributed by atoms with E-state index in [-0.39, 0.29) is 12.1 Å². The molecule has 0 amide bonds. The van der Waals surface area contributed by atoms with E-state index in [9.17, 15) is 13.2 Å². The molecule has 2 aromatic rings. The van der Waals surface area contributed by atoms with Crippen molar-refractivity contribution in [3.8, 4) is 0 Å². The SMILES string of the molecule is CSCc1ccc(CNCc2ccccc2C(F)(F)F)o1. The van der Waals surface area contributed by atoms with Gasteiger partial charge in [0.1, 0.15) is 11.5 Å². The molecule has 1 aromatic heterocycles. The quantitative estimate of drug-likeness (QED) is 0.852. The molecular formula is C15H16F3NOS. The second kappa shape index (κ2) is 7.04. The third kappa shape index (κ3) is 4.54. The predicted octanol–water partition coefficient (Wildman–Crippen LogP) is 4.45. The van der Waals surface area contributed by atoms with Gasteiger partial charge in [0.2, 0.25) is 0 Å². The number of halogens is 3. The molecule has 0 unspecified atom stereocenters. The summed E-state index contributed by atoms with van der Waals surface area (Å²) in [6.07, 6.45) is -2.34. The molecule has 2 nitrogen and oxygen atoms in total. The van der Waals surface area contributed by atoms with Gasteiger partial charge in [-0.05, 0) is 30.0 Å². The fraction of sp³-hybridized carbons (Fsp3) is 0.333. The van der Waals surface area contributed by atoms with Gasteiger partial charge in [-0.2, -0.15) is 24.9 Å². The molecule has 0 atom stereocenters. The number of thioether (sulfide) groups is 1. The maximum absolute atomic E-state index is 12.8. The van der Waals surface area contributed by atoms with Crippen LogP contribution >= 0.6 is 11.8 Å². The fourth-order valence-corrected chi connectivity index (χ4v) is 2.45. The lowest BCUT2D eigenvalue weighted by atomic mass is 10.1. The topological polar surface area (TPSA) is 25.2 Å². The highest BCUT2D eigenvalue weighted by Gasteiger charge is 2.32. The molecule has 1 N–H and O–H groups in total. The van der Waals surface area contributed by atoms with Crippen LogP contribution in [-0.2, 0) is 25.0 Å². The van der Waals surface area contributed by atoms with Crippen molar-refractivity contribution in [1.29, 1.82) is 0 Å². The van der Waals surface area contributed by atoms with Gasteiger partial charge >= 0.3 is 6.18 Å². The van der Waals surface area contributed by atoms with Crippen molar-refractivity contribution in [3.05, 3.63) is 59.0 Å². The Balaban J connectivity index is 1.94. The van der Waals surface area contributed by atoms with E-state index in [4.69, 9.17) is 4.42 Å². The van der Waals surface area contributed by atoms with Crippen LogP contribution in [0.2, 0.25) is 0 Å². The molecule has 0 spiro atoms. The van der Waals surface area contributed by atoms with E-state index in [2.05, 4.69) is 5.32 Å². The standard InChI is InChI=1S/C15H16F3NOS/c1-21-10-13-7-6-12(20-13)9-19-8-11-4-2-3-5-14(11)15(16,17)18/h2-7,19H,8-10H2,1H3. The molecule has 0 bridgehead atoms. The van der Waals surface area contributed by atoms with Gasteiger partial charge in [0, 0.05) is 6.54 Å². The van der Waals surface area contributed by atoms with Gasteiger partial charge in [-0.25, -0.2) is 0 Å². The molecule has 21 heavy (non-hydrogen) atoms. The van der Waals surface area contributed by atoms with Gasteiger partial charge in [-0.3, -0.25) is 0 Å². The lowest BCUT2D eigenvalue weighted by Gasteiger charge is -2.12. The van der Waals surface area contributed by atoms with E-state index < -0.39 is 11.7 Å². The summed E-state index contributed by atoms with van der Waals surface area (Å²) in [7, 11) is 0. The van der Waals surface area contributed by atoms with E-state index >= 15 is 0 Å². The summed E-state index contributed by atoms with van der Waals surface area (Å²) in [6, 6.07) is 9.31. The Bertz CT molecular complexity index is 580. The highest BCUT2D eigenvalue weighted by Crippen LogP contribution is 2.31. The zero-order chi connectivity index (χ0) is 15.3. The Morgan fingerprint density at radius 2 is 1.76 bits per heavy atom. The molecule has 0 aliphatic carbocycles. The first kappa shape index (κ1) is 16.0. The molecule has 6 heteroatoms. The zero-order valence-electron chi connectivity index (χ0n) is 11.5. The van der Waals surface area contributed by atoms with Crippen LogP contribution in [0.1, 0.15) is 22.6 Å². The Labute approximate surface area is 125 Å². The third-order valence-electron chi connectivity index (χ3n) is 2.94. The summed E-state index contributed by atoms with van der Waals surface area (Å²) in [4.78, 5) is 0. The molecule has 114 valence electrons. The number of hydrogen-bond donors (Lipinski definition) is 1. The Morgan fingerprint density at radius 1 is 1.05 bits per heavy atom. The fourth-order valence-electron chi connectivity index (χ4n) is 2.01. The van der Waals surface area contributed by atoms with Crippen molar-refractivity contribution in [2.24, 2.45) is 0 Å². The zero-order valence-corrected chi connectivity index (χ0v) is 12.4. The minimum atomic E-state index is -4.32. The Kier molecular flexibility index (Phi) is 5.36. The maximum atomic E-state index is 12.8. The molecule has 1 heterocycles. The number of benzene rings is 1. The molecule has 0 aliphatic rings. The van der Waals surface area contributed by atoms with Crippen LogP contribution in [0.4, 0.5) is 13.2 Å². The first-order valence-corrected chi connectivity index (χ1v) is 7.82. The number of furan rings is 1. The second-order valence-electron chi connectivity index (χ2n) is 4.56. The van der Waals surface area contributed by atoms with Crippen LogP contribution in [-0.4, -0.2) is 6.26 Å². The number of alkyl halides is 3. The minimum absolute atomic E-state index is 0.147. The molecule has 0 fully saturated rings. The normalized spacial score (nSPS) is 11.8. The first-order valence-electron chi connectivity index (χ1n) is 6.43. The van der Waals surface area contributed by atoms with Gasteiger partial charge in [-0.15, -0.1) is 0 Å². The average Bonchev–Trinajstić information content (AvgIpc) is 2.86. The van der Waals surface area contributed by atoms with Gasteiger partial charge in [0.15, 0.2) is 0 Å². The molecule has 0 radical (unpaired) electrons. The summed E-state index contributed by atoms with van der Waals surface area (Å²) in [5.41, 5.74) is -0.360. The Morgan fingerprint density at radius 3 is 2.48 bits per heavy atom. The molecular weight excluding hydrogens is 299 g/mol. The smallest absolute Gasteiger partial charge is 0.416 e. The maximum Gasteiger partial charge on any atom is 0.416 e. The van der Waals surface area contributed by atoms with Crippen LogP contribution in [0.3, 0.4) is 0 Å². The monoisotopic (exact) mass is 315 g/mol. The average molecular weight is 315 g/mol. The second-order valence-corrected chi connectivity index (χ2v) is 5.43. The summed E-state index contributed by atoms with van der Waals surface area (Å²) >= 11 is 1.65. The predicted molar refractivity (Wildman–Crippen MR) is 77.9 cm³/mol. The summed E-state index contributed by atoms with van der Waals surface area (Å²) in [6.45, 7) is 0.550. The molecule has 0 saturated heterocycles. The molecule has 1 aromatic carbocycles. The van der Waals surface area contributed by atoms with Gasteiger partial charge < -0.3 is 9.73 Å². The summed E-state index contributed by atoms with van der Waals surface area (Å²) in [5.74, 6) is 2.38. The Hall–Kier alpha value is -1.40. The van der Waals surface area contributed by atoms with Crippen molar-refractivity contribution in [2.45, 2.75) is 25.0 Å². The van der Waals surface area contributed by atoms with Crippen molar-refractivity contribution in [1.82, 2.24) is 5.32 Å². The van der Waals surface area contributed by atoms with Crippen LogP contribution in [0.25, 0.3) is 0 Å². The van der Waals surface area contributed by atoms with Crippen molar-refractivity contribution >= 4 is 11.8 Å². The van der Waals surface area contributed by atoms with Crippen LogP contribution in [0.5, 0.6) is 0 Å². The van der Waals surface area contributed by atoms with E-state index in [0.29, 0.717) is 6.54 Å². The third-order valence-corrected chi connectivity index (χ3v) is 3.51. The summed E-state index contributed by atoms with van der Waals surface area (Å²) < 4.78 is 44.1. The van der Waals surface area contributed by atoms with Gasteiger partial charge in [0.05, 0.1) is 17.9 Å². The molecule has 2 rings (SSSR count). The largest absolute Gasteiger partial charge is 0.464 e. The highest BCUT2D eigenvalue weighted by atomic mass is 32.2. The van der Waals surface area contributed by atoms with Crippen molar-refractivity contribution < 1.29 is 17.6 Å². The summed E-state index contributed by atoms with van der Waals surface area (Å²) in [5, 5.41) is 2.99. The molecule has 0 aliphatic heterocycles. The van der Waals surface area contributed by atoms with Gasteiger partial charge in [0.25, 0.3) is 0 Å². The van der Waals surface area contributed by atoms with E-state index in [1.807, 2.05) is 18.4 Å². The van der Waals surface area contributed by atoms with Crippen LogP contribution in [0.15, 0.2) is 40.8 Å². The van der Waals surface area contributed by atoms with Gasteiger partial charge in [-0.1, -0.05) is 18.2 Å². The lowest BCUT2D eigenvalue weighted by Crippen LogP contribution is -2.17. The number of hydrogen-bond acceptors (Lipinski definition) is 3. The minimum Gasteiger partial charge on any atom is -0.464 e.